The van der Waals surface area contributed by atoms with Crippen molar-refractivity contribution in [1.29, 1.82) is 0 Å². The van der Waals surface area contributed by atoms with Crippen molar-refractivity contribution < 1.29 is 9.53 Å². The van der Waals surface area contributed by atoms with Gasteiger partial charge in [-0.3, -0.25) is 4.79 Å². The second-order valence-electron chi connectivity index (χ2n) is 4.96. The molecule has 0 unspecified atom stereocenters. The fourth-order valence-corrected chi connectivity index (χ4v) is 1.51. The van der Waals surface area contributed by atoms with Crippen LogP contribution < -0.4 is 4.74 Å². The van der Waals surface area contributed by atoms with E-state index in [9.17, 15) is 4.79 Å². The molecule has 0 saturated heterocycles. The monoisotopic (exact) mass is 245 g/mol. The van der Waals surface area contributed by atoms with Gasteiger partial charge < -0.3 is 4.74 Å². The van der Waals surface area contributed by atoms with Gasteiger partial charge in [-0.1, -0.05) is 17.3 Å². The number of rotatable bonds is 3. The standard InChI is InChI=1S/C13H15N3O2/c1-13(2,3)16-8-12(14-15-16)10-5-4-6-11(7-10)18-9-17/h4-9H,1-3H3. The van der Waals surface area contributed by atoms with Crippen molar-refractivity contribution in [2.24, 2.45) is 0 Å². The molecule has 94 valence electrons. The van der Waals surface area contributed by atoms with Crippen LogP contribution in [-0.2, 0) is 10.3 Å². The van der Waals surface area contributed by atoms with Gasteiger partial charge in [0.25, 0.3) is 6.47 Å². The average molecular weight is 245 g/mol. The van der Waals surface area contributed by atoms with E-state index in [2.05, 4.69) is 31.1 Å². The Balaban J connectivity index is 2.34. The number of carbonyl (C=O) groups is 1. The molecule has 1 aromatic carbocycles. The van der Waals surface area contributed by atoms with Crippen molar-refractivity contribution in [2.75, 3.05) is 0 Å². The summed E-state index contributed by atoms with van der Waals surface area (Å²) in [4.78, 5) is 10.3. The van der Waals surface area contributed by atoms with Crippen LogP contribution in [0.4, 0.5) is 0 Å². The summed E-state index contributed by atoms with van der Waals surface area (Å²) in [6, 6.07) is 7.18. The first-order valence-electron chi connectivity index (χ1n) is 5.64. The molecule has 0 fully saturated rings. The molecule has 0 aliphatic rings. The maximum Gasteiger partial charge on any atom is 0.298 e. The van der Waals surface area contributed by atoms with Gasteiger partial charge in [0.15, 0.2) is 0 Å². The second-order valence-corrected chi connectivity index (χ2v) is 4.96. The van der Waals surface area contributed by atoms with Gasteiger partial charge in [-0.25, -0.2) is 4.68 Å². The van der Waals surface area contributed by atoms with Gasteiger partial charge in [0.2, 0.25) is 0 Å². The molecule has 0 N–H and O–H groups in total. The lowest BCUT2D eigenvalue weighted by molar-refractivity contribution is -0.120. The molecule has 18 heavy (non-hydrogen) atoms. The number of benzene rings is 1. The van der Waals surface area contributed by atoms with E-state index in [1.165, 1.54) is 0 Å². The van der Waals surface area contributed by atoms with Crippen LogP contribution in [0.2, 0.25) is 0 Å². The maximum absolute atomic E-state index is 10.3. The number of carbonyl (C=O) groups excluding carboxylic acids is 1. The molecular formula is C13H15N3O2. The molecule has 2 aromatic rings. The smallest absolute Gasteiger partial charge is 0.298 e. The van der Waals surface area contributed by atoms with Crippen molar-refractivity contribution in [1.82, 2.24) is 15.0 Å². The summed E-state index contributed by atoms with van der Waals surface area (Å²) < 4.78 is 6.61. The predicted octanol–water partition coefficient (Wildman–Crippen LogP) is 2.24. The number of ether oxygens (including phenoxy) is 1. The van der Waals surface area contributed by atoms with Gasteiger partial charge in [-0.15, -0.1) is 5.10 Å². The Morgan fingerprint density at radius 3 is 2.72 bits per heavy atom. The van der Waals surface area contributed by atoms with Gasteiger partial charge >= 0.3 is 0 Å². The van der Waals surface area contributed by atoms with Crippen LogP contribution in [0, 0.1) is 0 Å². The Morgan fingerprint density at radius 1 is 1.33 bits per heavy atom. The topological polar surface area (TPSA) is 57.0 Å². The molecule has 0 aliphatic carbocycles. The molecule has 0 aliphatic heterocycles. The predicted molar refractivity (Wildman–Crippen MR) is 67.1 cm³/mol. The van der Waals surface area contributed by atoms with E-state index in [1.807, 2.05) is 18.3 Å². The highest BCUT2D eigenvalue weighted by molar-refractivity contribution is 5.61. The SMILES string of the molecule is CC(C)(C)n1cc(-c2cccc(OC=O)c2)nn1. The fourth-order valence-electron chi connectivity index (χ4n) is 1.51. The molecule has 0 bridgehead atoms. The van der Waals surface area contributed by atoms with Gasteiger partial charge in [-0.05, 0) is 32.9 Å². The summed E-state index contributed by atoms with van der Waals surface area (Å²) in [5.74, 6) is 0.493. The summed E-state index contributed by atoms with van der Waals surface area (Å²) >= 11 is 0. The summed E-state index contributed by atoms with van der Waals surface area (Å²) in [6.07, 6.45) is 1.88. The first-order valence-corrected chi connectivity index (χ1v) is 5.64. The molecule has 1 aromatic heterocycles. The van der Waals surface area contributed by atoms with Crippen LogP contribution in [0.25, 0.3) is 11.3 Å². The highest BCUT2D eigenvalue weighted by atomic mass is 16.5. The minimum absolute atomic E-state index is 0.109. The minimum atomic E-state index is -0.109. The van der Waals surface area contributed by atoms with E-state index in [1.54, 1.807) is 16.8 Å². The molecule has 2 rings (SSSR count). The number of hydrogen-bond donors (Lipinski definition) is 0. The van der Waals surface area contributed by atoms with E-state index in [0.717, 1.165) is 11.3 Å². The Labute approximate surface area is 105 Å². The third-order valence-electron chi connectivity index (χ3n) is 2.49. The van der Waals surface area contributed by atoms with Gasteiger partial charge in [0.05, 0.1) is 11.7 Å². The number of hydrogen-bond acceptors (Lipinski definition) is 4. The van der Waals surface area contributed by atoms with E-state index >= 15 is 0 Å². The van der Waals surface area contributed by atoms with Crippen LogP contribution in [0.15, 0.2) is 30.5 Å². The Kier molecular flexibility index (Phi) is 3.14. The zero-order valence-corrected chi connectivity index (χ0v) is 10.6. The molecule has 0 spiro atoms. The van der Waals surface area contributed by atoms with Crippen LogP contribution in [0.5, 0.6) is 5.75 Å². The van der Waals surface area contributed by atoms with Crippen molar-refractivity contribution in [3.63, 3.8) is 0 Å². The van der Waals surface area contributed by atoms with Gasteiger partial charge in [-0.2, -0.15) is 0 Å². The van der Waals surface area contributed by atoms with E-state index < -0.39 is 0 Å². The summed E-state index contributed by atoms with van der Waals surface area (Å²) in [5.41, 5.74) is 1.51. The van der Waals surface area contributed by atoms with Gasteiger partial charge in [0.1, 0.15) is 11.4 Å². The summed E-state index contributed by atoms with van der Waals surface area (Å²) in [5, 5.41) is 8.22. The van der Waals surface area contributed by atoms with Crippen molar-refractivity contribution in [3.8, 4) is 17.0 Å². The molecule has 0 amide bonds. The first-order chi connectivity index (χ1) is 8.50. The quantitative estimate of drug-likeness (QED) is 0.778. The Morgan fingerprint density at radius 2 is 2.11 bits per heavy atom. The number of nitrogens with zero attached hydrogens (tertiary/aromatic N) is 3. The molecule has 5 nitrogen and oxygen atoms in total. The van der Waals surface area contributed by atoms with E-state index in [4.69, 9.17) is 4.74 Å². The van der Waals surface area contributed by atoms with Crippen molar-refractivity contribution >= 4 is 6.47 Å². The lowest BCUT2D eigenvalue weighted by Crippen LogP contribution is -2.22. The number of aromatic nitrogens is 3. The molecule has 0 atom stereocenters. The molecule has 1 heterocycles. The minimum Gasteiger partial charge on any atom is -0.429 e. The average Bonchev–Trinajstić information content (AvgIpc) is 2.78. The highest BCUT2D eigenvalue weighted by Gasteiger charge is 2.15. The van der Waals surface area contributed by atoms with Crippen molar-refractivity contribution in [2.45, 2.75) is 26.3 Å². The van der Waals surface area contributed by atoms with Crippen LogP contribution >= 0.6 is 0 Å². The molecular weight excluding hydrogens is 230 g/mol. The zero-order chi connectivity index (χ0) is 13.2. The van der Waals surface area contributed by atoms with Crippen LogP contribution in [0.1, 0.15) is 20.8 Å². The molecule has 0 radical (unpaired) electrons. The largest absolute Gasteiger partial charge is 0.429 e. The van der Waals surface area contributed by atoms with Crippen LogP contribution in [-0.4, -0.2) is 21.5 Å². The summed E-state index contributed by atoms with van der Waals surface area (Å²) in [6.45, 7) is 6.57. The summed E-state index contributed by atoms with van der Waals surface area (Å²) in [7, 11) is 0. The Hall–Kier alpha value is -2.17. The third-order valence-corrected chi connectivity index (χ3v) is 2.49. The van der Waals surface area contributed by atoms with E-state index in [0.29, 0.717) is 12.2 Å². The normalized spacial score (nSPS) is 11.3. The lowest BCUT2D eigenvalue weighted by Gasteiger charge is -2.17. The Bertz CT molecular complexity index is 555. The highest BCUT2D eigenvalue weighted by Crippen LogP contribution is 2.23. The maximum atomic E-state index is 10.3. The first kappa shape index (κ1) is 12.3. The second kappa shape index (κ2) is 4.60. The van der Waals surface area contributed by atoms with Gasteiger partial charge in [0, 0.05) is 5.56 Å². The molecule has 0 saturated carbocycles. The third kappa shape index (κ3) is 2.56. The zero-order valence-electron chi connectivity index (χ0n) is 10.6. The fraction of sp³-hybridized carbons (Fsp3) is 0.308. The molecule has 5 heteroatoms. The van der Waals surface area contributed by atoms with Crippen molar-refractivity contribution in [3.05, 3.63) is 30.5 Å². The van der Waals surface area contributed by atoms with Crippen LogP contribution in [0.3, 0.4) is 0 Å². The lowest BCUT2D eigenvalue weighted by atomic mass is 10.1. The van der Waals surface area contributed by atoms with E-state index in [-0.39, 0.29) is 5.54 Å².